The molecule has 6 heteroatoms. The van der Waals surface area contributed by atoms with Crippen LogP contribution in [-0.4, -0.2) is 23.0 Å². The summed E-state index contributed by atoms with van der Waals surface area (Å²) in [5.74, 6) is -2.13. The maximum atomic E-state index is 11.7. The molecule has 0 fully saturated rings. The molecule has 0 spiro atoms. The van der Waals surface area contributed by atoms with Crippen LogP contribution >= 0.6 is 45.2 Å². The van der Waals surface area contributed by atoms with E-state index in [1.54, 1.807) is 12.1 Å². The third-order valence-corrected chi connectivity index (χ3v) is 3.95. The number of rotatable bonds is 5. The zero-order valence-corrected chi connectivity index (χ0v) is 13.7. The summed E-state index contributed by atoms with van der Waals surface area (Å²) in [6.07, 6.45) is 1.44. The number of phenols is 1. The van der Waals surface area contributed by atoms with E-state index in [0.717, 1.165) is 0 Å². The predicted molar refractivity (Wildman–Crippen MR) is 82.1 cm³/mol. The summed E-state index contributed by atoms with van der Waals surface area (Å²) < 4.78 is 1.24. The highest BCUT2D eigenvalue weighted by Crippen LogP contribution is 2.27. The summed E-state index contributed by atoms with van der Waals surface area (Å²) in [7, 11) is 0. The molecule has 0 heterocycles. The van der Waals surface area contributed by atoms with Gasteiger partial charge in [0.05, 0.1) is 7.14 Å². The summed E-state index contributed by atoms with van der Waals surface area (Å²) in [6, 6.07) is 3.30. The average molecular weight is 471 g/mol. The quantitative estimate of drug-likeness (QED) is 0.528. The molecule has 1 radical (unpaired) electrons. The normalized spacial score (nSPS) is 11.9. The number of aromatic hydroxyl groups is 1. The van der Waals surface area contributed by atoms with E-state index in [9.17, 15) is 19.5 Å². The molecular weight excluding hydrogens is 462 g/mol. The van der Waals surface area contributed by atoms with Crippen molar-refractivity contribution in [3.05, 3.63) is 24.8 Å². The van der Waals surface area contributed by atoms with Crippen molar-refractivity contribution in [2.24, 2.45) is 5.92 Å². The van der Waals surface area contributed by atoms with Crippen molar-refractivity contribution in [3.63, 3.8) is 0 Å². The maximum absolute atomic E-state index is 11.7. The standard InChI is InChI=1S/C12H9I2O4/c1-6(16)8(5-15)11(17)4-7-2-9(13)12(18)10(14)3-7/h2-3,8,18H,4H2,1H3. The van der Waals surface area contributed by atoms with Crippen molar-refractivity contribution in [3.8, 4) is 5.75 Å². The summed E-state index contributed by atoms with van der Waals surface area (Å²) >= 11 is 3.90. The Morgan fingerprint density at radius 1 is 1.33 bits per heavy atom. The molecule has 95 valence electrons. The largest absolute Gasteiger partial charge is 0.506 e. The second kappa shape index (κ2) is 6.60. The third kappa shape index (κ3) is 3.74. The van der Waals surface area contributed by atoms with Gasteiger partial charge in [0.15, 0.2) is 5.78 Å². The molecule has 0 saturated carbocycles. The van der Waals surface area contributed by atoms with E-state index in [1.165, 1.54) is 13.2 Å². The van der Waals surface area contributed by atoms with E-state index in [2.05, 4.69) is 0 Å². The first-order valence-electron chi connectivity index (χ1n) is 4.94. The number of phenolic OH excluding ortho intramolecular Hbond substituents is 1. The van der Waals surface area contributed by atoms with Crippen LogP contribution in [-0.2, 0) is 20.8 Å². The average Bonchev–Trinajstić information content (AvgIpc) is 2.26. The van der Waals surface area contributed by atoms with Gasteiger partial charge >= 0.3 is 0 Å². The van der Waals surface area contributed by atoms with Crippen LogP contribution in [0, 0.1) is 13.1 Å². The van der Waals surface area contributed by atoms with Gasteiger partial charge in [0.25, 0.3) is 0 Å². The lowest BCUT2D eigenvalue weighted by atomic mass is 9.96. The molecule has 0 aliphatic carbocycles. The Hall–Kier alpha value is -0.510. The van der Waals surface area contributed by atoms with Crippen LogP contribution in [0.15, 0.2) is 12.1 Å². The molecule has 0 aliphatic rings. The van der Waals surface area contributed by atoms with Gasteiger partial charge in [-0.25, -0.2) is 0 Å². The van der Waals surface area contributed by atoms with E-state index >= 15 is 0 Å². The predicted octanol–water partition coefficient (Wildman–Crippen LogP) is 2.03. The molecule has 1 N–H and O–H groups in total. The fourth-order valence-electron chi connectivity index (χ4n) is 1.40. The van der Waals surface area contributed by atoms with Crippen molar-refractivity contribution in [2.75, 3.05) is 0 Å². The van der Waals surface area contributed by atoms with Crippen LogP contribution < -0.4 is 0 Å². The molecule has 1 unspecified atom stereocenters. The minimum atomic E-state index is -1.31. The van der Waals surface area contributed by atoms with E-state index in [-0.39, 0.29) is 12.2 Å². The van der Waals surface area contributed by atoms with Crippen molar-refractivity contribution >= 4 is 63.0 Å². The Balaban J connectivity index is 2.95. The molecule has 1 atom stereocenters. The van der Waals surface area contributed by atoms with Crippen molar-refractivity contribution in [1.82, 2.24) is 0 Å². The first kappa shape index (κ1) is 15.5. The van der Waals surface area contributed by atoms with Gasteiger partial charge in [0.1, 0.15) is 17.5 Å². The van der Waals surface area contributed by atoms with Crippen LogP contribution in [0.5, 0.6) is 5.75 Å². The monoisotopic (exact) mass is 471 g/mol. The second-order valence-corrected chi connectivity index (χ2v) is 6.04. The van der Waals surface area contributed by atoms with Crippen molar-refractivity contribution < 1.29 is 19.5 Å². The van der Waals surface area contributed by atoms with Crippen LogP contribution in [0.25, 0.3) is 0 Å². The number of hydrogen-bond acceptors (Lipinski definition) is 4. The molecule has 0 saturated heterocycles. The number of ketones is 2. The van der Waals surface area contributed by atoms with E-state index < -0.39 is 17.5 Å². The summed E-state index contributed by atoms with van der Waals surface area (Å²) in [6.45, 7) is 1.19. The van der Waals surface area contributed by atoms with Gasteiger partial charge in [-0.15, -0.1) is 0 Å². The lowest BCUT2D eigenvalue weighted by Crippen LogP contribution is -2.24. The van der Waals surface area contributed by atoms with Crippen LogP contribution in [0.1, 0.15) is 12.5 Å². The number of benzene rings is 1. The minimum Gasteiger partial charge on any atom is -0.506 e. The van der Waals surface area contributed by atoms with E-state index in [1.807, 2.05) is 45.2 Å². The molecule has 1 aromatic carbocycles. The Labute approximate surface area is 131 Å². The SMILES string of the molecule is CC(=O)C([C]=O)C(=O)Cc1cc(I)c(O)c(I)c1. The first-order valence-corrected chi connectivity index (χ1v) is 7.10. The third-order valence-electron chi connectivity index (χ3n) is 2.30. The second-order valence-electron chi connectivity index (χ2n) is 3.71. The van der Waals surface area contributed by atoms with Gasteiger partial charge in [0, 0.05) is 6.42 Å². The highest BCUT2D eigenvalue weighted by atomic mass is 127. The van der Waals surface area contributed by atoms with Crippen LogP contribution in [0.4, 0.5) is 0 Å². The van der Waals surface area contributed by atoms with Crippen molar-refractivity contribution in [2.45, 2.75) is 13.3 Å². The van der Waals surface area contributed by atoms with Crippen LogP contribution in [0.2, 0.25) is 0 Å². The summed E-state index contributed by atoms with van der Waals surface area (Å²) in [4.78, 5) is 33.4. The lowest BCUT2D eigenvalue weighted by Gasteiger charge is -2.07. The smallest absolute Gasteiger partial charge is 0.217 e. The van der Waals surface area contributed by atoms with Crippen LogP contribution in [0.3, 0.4) is 0 Å². The first-order chi connectivity index (χ1) is 8.36. The lowest BCUT2D eigenvalue weighted by molar-refractivity contribution is -0.128. The summed E-state index contributed by atoms with van der Waals surface area (Å²) in [5, 5.41) is 9.59. The zero-order chi connectivity index (χ0) is 13.9. The highest BCUT2D eigenvalue weighted by molar-refractivity contribution is 14.1. The molecule has 0 bridgehead atoms. The van der Waals surface area contributed by atoms with Crippen molar-refractivity contribution in [1.29, 1.82) is 0 Å². The number of Topliss-reactive ketones (excluding diaryl/α,β-unsaturated/α-hetero) is 2. The van der Waals surface area contributed by atoms with Gasteiger partial charge in [-0.1, -0.05) is 0 Å². The molecular formula is C12H9I2O4. The van der Waals surface area contributed by atoms with Gasteiger partial charge in [-0.05, 0) is 69.8 Å². The number of halogens is 2. The fraction of sp³-hybridized carbons (Fsp3) is 0.250. The van der Waals surface area contributed by atoms with Gasteiger partial charge in [-0.3, -0.25) is 14.4 Å². The highest BCUT2D eigenvalue weighted by Gasteiger charge is 2.23. The zero-order valence-electron chi connectivity index (χ0n) is 9.37. The molecule has 1 aromatic rings. The van der Waals surface area contributed by atoms with Gasteiger partial charge in [-0.2, -0.15) is 0 Å². The minimum absolute atomic E-state index is 0.0221. The maximum Gasteiger partial charge on any atom is 0.217 e. The van der Waals surface area contributed by atoms with E-state index in [0.29, 0.717) is 12.7 Å². The summed E-state index contributed by atoms with van der Waals surface area (Å²) in [5.41, 5.74) is 0.660. The number of hydrogen-bond donors (Lipinski definition) is 1. The molecule has 0 aliphatic heterocycles. The molecule has 1 rings (SSSR count). The Morgan fingerprint density at radius 3 is 2.22 bits per heavy atom. The topological polar surface area (TPSA) is 71.4 Å². The van der Waals surface area contributed by atoms with E-state index in [4.69, 9.17) is 0 Å². The van der Waals surface area contributed by atoms with Gasteiger partial charge in [0.2, 0.25) is 6.29 Å². The Kier molecular flexibility index (Phi) is 5.70. The number of carbonyl (C=O) groups is 2. The molecule has 4 nitrogen and oxygen atoms in total. The molecule has 0 aromatic heterocycles. The molecule has 0 amide bonds. The Bertz CT molecular complexity index is 488. The number of carbonyl (C=O) groups excluding carboxylic acids is 3. The molecule has 18 heavy (non-hydrogen) atoms. The Morgan fingerprint density at radius 2 is 1.83 bits per heavy atom. The van der Waals surface area contributed by atoms with Gasteiger partial charge < -0.3 is 5.11 Å². The fourth-order valence-corrected chi connectivity index (χ4v) is 3.30.